The molecule has 3 aromatic rings. The quantitative estimate of drug-likeness (QED) is 0.553. The summed E-state index contributed by atoms with van der Waals surface area (Å²) in [5.41, 5.74) is 2.13. The number of hydrogen-bond acceptors (Lipinski definition) is 4. The van der Waals surface area contributed by atoms with Crippen LogP contribution in [-0.2, 0) is 0 Å². The van der Waals surface area contributed by atoms with E-state index in [1.54, 1.807) is 24.4 Å². The molecule has 1 amide bonds. The van der Waals surface area contributed by atoms with E-state index in [1.807, 2.05) is 24.3 Å². The van der Waals surface area contributed by atoms with E-state index < -0.39 is 0 Å². The predicted molar refractivity (Wildman–Crippen MR) is 116 cm³/mol. The zero-order valence-corrected chi connectivity index (χ0v) is 16.8. The van der Waals surface area contributed by atoms with Crippen molar-refractivity contribution < 1.29 is 9.18 Å². The summed E-state index contributed by atoms with van der Waals surface area (Å²) in [7, 11) is 0. The van der Waals surface area contributed by atoms with E-state index >= 15 is 0 Å². The molecule has 0 saturated heterocycles. The Morgan fingerprint density at radius 3 is 2.50 bits per heavy atom. The van der Waals surface area contributed by atoms with Gasteiger partial charge in [-0.3, -0.25) is 4.79 Å². The van der Waals surface area contributed by atoms with Crippen molar-refractivity contribution in [3.05, 3.63) is 72.2 Å². The number of carbonyl (C=O) groups is 1. The van der Waals surface area contributed by atoms with Crippen LogP contribution >= 0.6 is 0 Å². The fourth-order valence-electron chi connectivity index (χ4n) is 3.74. The Morgan fingerprint density at radius 1 is 0.967 bits per heavy atom. The topological polar surface area (TPSA) is 66.9 Å². The van der Waals surface area contributed by atoms with Crippen LogP contribution < -0.4 is 10.6 Å². The molecule has 0 unspecified atom stereocenters. The summed E-state index contributed by atoms with van der Waals surface area (Å²) >= 11 is 0. The monoisotopic (exact) mass is 404 g/mol. The summed E-state index contributed by atoms with van der Waals surface area (Å²) in [4.78, 5) is 21.5. The van der Waals surface area contributed by atoms with Crippen molar-refractivity contribution in [3.63, 3.8) is 0 Å². The van der Waals surface area contributed by atoms with Gasteiger partial charge in [0.1, 0.15) is 11.6 Å². The number of halogens is 1. The van der Waals surface area contributed by atoms with Gasteiger partial charge in [-0.25, -0.2) is 14.4 Å². The molecule has 154 valence electrons. The van der Waals surface area contributed by atoms with Crippen molar-refractivity contribution in [2.24, 2.45) is 0 Å². The number of nitrogens with zero attached hydrogens (tertiary/aromatic N) is 2. The molecule has 0 spiro atoms. The molecular weight excluding hydrogens is 379 g/mol. The van der Waals surface area contributed by atoms with Crippen LogP contribution in [0.15, 0.2) is 60.8 Å². The highest BCUT2D eigenvalue weighted by molar-refractivity contribution is 5.95. The summed E-state index contributed by atoms with van der Waals surface area (Å²) in [6.07, 6.45) is 8.62. The summed E-state index contributed by atoms with van der Waals surface area (Å²) in [5.74, 6) is 0.764. The van der Waals surface area contributed by atoms with Gasteiger partial charge >= 0.3 is 0 Å². The minimum absolute atomic E-state index is 0.0414. The summed E-state index contributed by atoms with van der Waals surface area (Å²) in [6, 6.07) is 15.5. The molecule has 1 saturated carbocycles. The number of hydrogen-bond donors (Lipinski definition) is 2. The highest BCUT2D eigenvalue weighted by Crippen LogP contribution is 2.21. The lowest BCUT2D eigenvalue weighted by molar-refractivity contribution is 0.0933. The largest absolute Gasteiger partial charge is 0.349 e. The smallest absolute Gasteiger partial charge is 0.251 e. The van der Waals surface area contributed by atoms with Gasteiger partial charge in [0.25, 0.3) is 5.91 Å². The van der Waals surface area contributed by atoms with Gasteiger partial charge in [0.05, 0.1) is 0 Å². The van der Waals surface area contributed by atoms with Crippen molar-refractivity contribution in [2.45, 2.75) is 44.6 Å². The number of carbonyl (C=O) groups excluding carboxylic acids is 1. The van der Waals surface area contributed by atoms with E-state index in [2.05, 4.69) is 20.6 Å². The van der Waals surface area contributed by atoms with E-state index in [9.17, 15) is 9.18 Å². The Morgan fingerprint density at radius 2 is 1.73 bits per heavy atom. The van der Waals surface area contributed by atoms with Crippen LogP contribution in [0.2, 0.25) is 0 Å². The molecule has 6 heteroatoms. The Labute approximate surface area is 175 Å². The fraction of sp³-hybridized carbons (Fsp3) is 0.292. The molecule has 0 bridgehead atoms. The third kappa shape index (κ3) is 5.20. The van der Waals surface area contributed by atoms with Crippen molar-refractivity contribution in [2.75, 3.05) is 5.32 Å². The Kier molecular flexibility index (Phi) is 6.32. The molecule has 30 heavy (non-hydrogen) atoms. The van der Waals surface area contributed by atoms with E-state index in [0.29, 0.717) is 17.2 Å². The van der Waals surface area contributed by atoms with Crippen LogP contribution in [0.1, 0.15) is 48.9 Å². The average Bonchev–Trinajstić information content (AvgIpc) is 3.03. The van der Waals surface area contributed by atoms with Gasteiger partial charge in [0.2, 0.25) is 0 Å². The highest BCUT2D eigenvalue weighted by Gasteiger charge is 2.16. The average molecular weight is 404 g/mol. The molecule has 0 atom stereocenters. The Bertz CT molecular complexity index is 998. The number of benzene rings is 2. The van der Waals surface area contributed by atoms with Crippen molar-refractivity contribution in [1.29, 1.82) is 0 Å². The molecule has 0 radical (unpaired) electrons. The third-order valence-electron chi connectivity index (χ3n) is 5.35. The van der Waals surface area contributed by atoms with Gasteiger partial charge in [0, 0.05) is 29.1 Å². The van der Waals surface area contributed by atoms with Gasteiger partial charge in [-0.15, -0.1) is 0 Å². The van der Waals surface area contributed by atoms with Crippen LogP contribution in [0.25, 0.3) is 11.4 Å². The number of rotatable bonds is 5. The minimum atomic E-state index is -0.299. The van der Waals surface area contributed by atoms with Gasteiger partial charge < -0.3 is 10.6 Å². The molecule has 2 N–H and O–H groups in total. The van der Waals surface area contributed by atoms with Crippen LogP contribution in [-0.4, -0.2) is 21.9 Å². The molecule has 1 heterocycles. The second-order valence-corrected chi connectivity index (χ2v) is 7.64. The van der Waals surface area contributed by atoms with Gasteiger partial charge in [-0.2, -0.15) is 0 Å². The van der Waals surface area contributed by atoms with Crippen LogP contribution in [0.5, 0.6) is 0 Å². The molecule has 1 aliphatic carbocycles. The molecule has 1 aliphatic rings. The second-order valence-electron chi connectivity index (χ2n) is 7.64. The summed E-state index contributed by atoms with van der Waals surface area (Å²) < 4.78 is 13.2. The van der Waals surface area contributed by atoms with E-state index in [4.69, 9.17) is 0 Å². The lowest BCUT2D eigenvalue weighted by Gasteiger charge is -2.16. The number of aromatic nitrogens is 2. The minimum Gasteiger partial charge on any atom is -0.349 e. The molecular formula is C24H25FN4O. The number of anilines is 2. The maximum atomic E-state index is 13.2. The molecule has 2 aromatic carbocycles. The van der Waals surface area contributed by atoms with Crippen LogP contribution in [0, 0.1) is 5.82 Å². The maximum Gasteiger partial charge on any atom is 0.251 e. The summed E-state index contributed by atoms with van der Waals surface area (Å²) in [5, 5.41) is 6.41. The Hall–Kier alpha value is -3.28. The lowest BCUT2D eigenvalue weighted by Crippen LogP contribution is -2.34. The molecule has 5 nitrogen and oxygen atoms in total. The molecule has 1 aromatic heterocycles. The normalized spacial score (nSPS) is 14.7. The molecule has 4 rings (SSSR count). The zero-order valence-electron chi connectivity index (χ0n) is 16.8. The maximum absolute atomic E-state index is 13.2. The van der Waals surface area contributed by atoms with Gasteiger partial charge in [-0.05, 0) is 61.4 Å². The van der Waals surface area contributed by atoms with Crippen molar-refractivity contribution in [1.82, 2.24) is 15.3 Å². The van der Waals surface area contributed by atoms with E-state index in [0.717, 1.165) is 24.1 Å². The summed E-state index contributed by atoms with van der Waals surface area (Å²) in [6.45, 7) is 0. The standard InChI is InChI=1S/C24H25FN4O/c25-19-12-10-17(11-13-19)23-26-15-14-22(29-23)27-21-9-5-6-18(16-21)24(30)28-20-7-3-1-2-4-8-20/h5-6,9-16,20H,1-4,7-8H2,(H,28,30)(H,26,27,29). The molecule has 0 aliphatic heterocycles. The first-order chi connectivity index (χ1) is 14.7. The fourth-order valence-corrected chi connectivity index (χ4v) is 3.74. The van der Waals surface area contributed by atoms with E-state index in [1.165, 1.54) is 37.8 Å². The molecule has 1 fully saturated rings. The number of nitrogens with one attached hydrogen (secondary N) is 2. The van der Waals surface area contributed by atoms with Crippen molar-refractivity contribution in [3.8, 4) is 11.4 Å². The predicted octanol–water partition coefficient (Wildman–Crippen LogP) is 5.48. The van der Waals surface area contributed by atoms with E-state index in [-0.39, 0.29) is 17.8 Å². The van der Waals surface area contributed by atoms with Gasteiger partial charge in [-0.1, -0.05) is 31.7 Å². The van der Waals surface area contributed by atoms with Crippen LogP contribution in [0.4, 0.5) is 15.9 Å². The first-order valence-corrected chi connectivity index (χ1v) is 10.4. The third-order valence-corrected chi connectivity index (χ3v) is 5.35. The zero-order chi connectivity index (χ0) is 20.8. The second kappa shape index (κ2) is 9.48. The van der Waals surface area contributed by atoms with Crippen molar-refractivity contribution >= 4 is 17.4 Å². The SMILES string of the molecule is O=C(NC1CCCCCC1)c1cccc(Nc2ccnc(-c3ccc(F)cc3)n2)c1. The first-order valence-electron chi connectivity index (χ1n) is 10.4. The highest BCUT2D eigenvalue weighted by atomic mass is 19.1. The number of amides is 1. The first kappa shape index (κ1) is 20.0. The Balaban J connectivity index is 1.46. The van der Waals surface area contributed by atoms with Gasteiger partial charge in [0.15, 0.2) is 5.82 Å². The van der Waals surface area contributed by atoms with Crippen LogP contribution in [0.3, 0.4) is 0 Å². The lowest BCUT2D eigenvalue weighted by atomic mass is 10.1.